The van der Waals surface area contributed by atoms with Crippen LogP contribution in [-0.4, -0.2) is 25.4 Å². The van der Waals surface area contributed by atoms with Gasteiger partial charge in [0, 0.05) is 18.4 Å². The number of benzene rings is 1. The highest BCUT2D eigenvalue weighted by Gasteiger charge is 2.52. The number of nitrogens with zero attached hydrogens (tertiary/aromatic N) is 1. The molecule has 2 heterocycles. The fourth-order valence-electron chi connectivity index (χ4n) is 4.10. The fourth-order valence-corrected chi connectivity index (χ4v) is 4.10. The van der Waals surface area contributed by atoms with Crippen LogP contribution >= 0.6 is 0 Å². The molecule has 3 nitrogen and oxygen atoms in total. The summed E-state index contributed by atoms with van der Waals surface area (Å²) in [6.45, 7) is 24.2. The molecule has 4 heteroatoms. The minimum absolute atomic E-state index is 0.00565. The van der Waals surface area contributed by atoms with Gasteiger partial charge in [0.2, 0.25) is 0 Å². The molecule has 1 aromatic rings. The van der Waals surface area contributed by atoms with E-state index in [-0.39, 0.29) is 29.2 Å². The highest BCUT2D eigenvalue weighted by molar-refractivity contribution is 6.62. The highest BCUT2D eigenvalue weighted by Crippen LogP contribution is 2.47. The Morgan fingerprint density at radius 3 is 2.00 bits per heavy atom. The molecule has 2 aliphatic rings. The van der Waals surface area contributed by atoms with Crippen LogP contribution in [-0.2, 0) is 20.1 Å². The van der Waals surface area contributed by atoms with E-state index < -0.39 is 0 Å². The van der Waals surface area contributed by atoms with Gasteiger partial charge in [-0.1, -0.05) is 53.3 Å². The van der Waals surface area contributed by atoms with Crippen LogP contribution in [0, 0.1) is 0 Å². The number of rotatable bonds is 1. The van der Waals surface area contributed by atoms with Gasteiger partial charge >= 0.3 is 7.12 Å². The van der Waals surface area contributed by atoms with Crippen LogP contribution in [0.3, 0.4) is 0 Å². The summed E-state index contributed by atoms with van der Waals surface area (Å²) >= 11 is 0. The van der Waals surface area contributed by atoms with Gasteiger partial charge in [0.15, 0.2) is 0 Å². The maximum absolute atomic E-state index is 6.37. The summed E-state index contributed by atoms with van der Waals surface area (Å²) in [7, 11) is 1.80. The Kier molecular flexibility index (Phi) is 4.45. The molecule has 2 aliphatic heterocycles. The van der Waals surface area contributed by atoms with E-state index in [1.807, 2.05) is 0 Å². The van der Waals surface area contributed by atoms with Gasteiger partial charge in [0.25, 0.3) is 0 Å². The van der Waals surface area contributed by atoms with Crippen molar-refractivity contribution in [3.63, 3.8) is 0 Å². The van der Waals surface area contributed by atoms with Crippen molar-refractivity contribution in [2.75, 3.05) is 11.9 Å². The van der Waals surface area contributed by atoms with Crippen molar-refractivity contribution >= 4 is 18.3 Å². The van der Waals surface area contributed by atoms with Gasteiger partial charge in [-0.25, -0.2) is 0 Å². The van der Waals surface area contributed by atoms with Crippen molar-refractivity contribution in [2.24, 2.45) is 0 Å². The summed E-state index contributed by atoms with van der Waals surface area (Å²) in [5.74, 6) is 0. The zero-order valence-electron chi connectivity index (χ0n) is 18.9. The minimum Gasteiger partial charge on any atom is -0.399 e. The standard InChI is InChI=1S/C23H36BNO2/c1-15-14-21(5,6)18-13-16(24-26-22(7,8)23(9,10)27-24)12-17(20(2,3)4)19(18)25(15)11/h12-13H,1,14H2,2-11H3. The Hall–Kier alpha value is -1.26. The summed E-state index contributed by atoms with van der Waals surface area (Å²) in [4.78, 5) is 2.27. The zero-order valence-corrected chi connectivity index (χ0v) is 18.9. The molecule has 0 radical (unpaired) electrons. The molecule has 0 spiro atoms. The van der Waals surface area contributed by atoms with Crippen molar-refractivity contribution < 1.29 is 9.31 Å². The van der Waals surface area contributed by atoms with E-state index in [0.29, 0.717) is 0 Å². The molecule has 0 amide bonds. The van der Waals surface area contributed by atoms with E-state index in [1.54, 1.807) is 0 Å². The Morgan fingerprint density at radius 2 is 1.52 bits per heavy atom. The first kappa shape index (κ1) is 20.5. The Balaban J connectivity index is 2.22. The van der Waals surface area contributed by atoms with Crippen LogP contribution in [0.25, 0.3) is 0 Å². The third-order valence-corrected chi connectivity index (χ3v) is 6.65. The molecule has 0 N–H and O–H groups in total. The Bertz CT molecular complexity index is 753. The molecule has 0 aromatic heterocycles. The van der Waals surface area contributed by atoms with Crippen LogP contribution in [0.5, 0.6) is 0 Å². The normalized spacial score (nSPS) is 23.6. The van der Waals surface area contributed by atoms with Crippen LogP contribution in [0.15, 0.2) is 24.4 Å². The minimum atomic E-state index is -0.340. The average molecular weight is 369 g/mol. The van der Waals surface area contributed by atoms with Crippen LogP contribution in [0.1, 0.15) is 79.9 Å². The molecular weight excluding hydrogens is 333 g/mol. The van der Waals surface area contributed by atoms with Crippen LogP contribution in [0.4, 0.5) is 5.69 Å². The summed E-state index contributed by atoms with van der Waals surface area (Å²) in [6.07, 6.45) is 0.951. The lowest BCUT2D eigenvalue weighted by atomic mass is 9.67. The van der Waals surface area contributed by atoms with Crippen molar-refractivity contribution in [3.05, 3.63) is 35.5 Å². The summed E-state index contributed by atoms with van der Waals surface area (Å²) in [5, 5.41) is 0. The first-order valence-corrected chi connectivity index (χ1v) is 10.0. The van der Waals surface area contributed by atoms with Crippen LogP contribution < -0.4 is 10.4 Å². The van der Waals surface area contributed by atoms with Crippen molar-refractivity contribution in [3.8, 4) is 0 Å². The number of fused-ring (bicyclic) bond motifs is 1. The van der Waals surface area contributed by atoms with E-state index in [0.717, 1.165) is 11.9 Å². The van der Waals surface area contributed by atoms with Crippen molar-refractivity contribution in [1.29, 1.82) is 0 Å². The monoisotopic (exact) mass is 369 g/mol. The quantitative estimate of drug-likeness (QED) is 0.657. The smallest absolute Gasteiger partial charge is 0.399 e. The SMILES string of the molecule is C=C1CC(C)(C)c2cc(B3OC(C)(C)C(C)(C)O3)cc(C(C)(C)C)c2N1C. The Labute approximate surface area is 166 Å². The predicted molar refractivity (Wildman–Crippen MR) is 116 cm³/mol. The number of hydrogen-bond acceptors (Lipinski definition) is 3. The van der Waals surface area contributed by atoms with Crippen molar-refractivity contribution in [2.45, 2.75) is 90.8 Å². The third-order valence-electron chi connectivity index (χ3n) is 6.65. The molecule has 27 heavy (non-hydrogen) atoms. The molecule has 1 saturated heterocycles. The lowest BCUT2D eigenvalue weighted by Gasteiger charge is -2.43. The average Bonchev–Trinajstić information content (AvgIpc) is 2.71. The fraction of sp³-hybridized carbons (Fsp3) is 0.652. The summed E-state index contributed by atoms with van der Waals surface area (Å²) in [6, 6.07) is 4.59. The maximum atomic E-state index is 6.37. The van der Waals surface area contributed by atoms with Gasteiger partial charge in [0.05, 0.1) is 11.2 Å². The van der Waals surface area contributed by atoms with E-state index in [4.69, 9.17) is 9.31 Å². The molecule has 0 unspecified atom stereocenters. The van der Waals surface area contributed by atoms with Gasteiger partial charge in [-0.3, -0.25) is 0 Å². The first-order valence-electron chi connectivity index (χ1n) is 10.0. The van der Waals surface area contributed by atoms with E-state index in [1.165, 1.54) is 22.5 Å². The number of allylic oxidation sites excluding steroid dienone is 1. The molecule has 1 fully saturated rings. The van der Waals surface area contributed by atoms with Gasteiger partial charge in [-0.2, -0.15) is 0 Å². The van der Waals surface area contributed by atoms with E-state index in [2.05, 4.69) is 93.0 Å². The van der Waals surface area contributed by atoms with Gasteiger partial charge in [-0.15, -0.1) is 0 Å². The van der Waals surface area contributed by atoms with Crippen molar-refractivity contribution in [1.82, 2.24) is 0 Å². The lowest BCUT2D eigenvalue weighted by Crippen LogP contribution is -2.41. The second-order valence-corrected chi connectivity index (χ2v) is 11.0. The van der Waals surface area contributed by atoms with Crippen LogP contribution in [0.2, 0.25) is 0 Å². The molecule has 0 aliphatic carbocycles. The molecule has 3 rings (SSSR count). The van der Waals surface area contributed by atoms with Gasteiger partial charge in [-0.05, 0) is 61.5 Å². The molecule has 0 atom stereocenters. The molecule has 148 valence electrons. The lowest BCUT2D eigenvalue weighted by molar-refractivity contribution is 0.00578. The molecule has 0 saturated carbocycles. The number of hydrogen-bond donors (Lipinski definition) is 0. The van der Waals surface area contributed by atoms with Gasteiger partial charge < -0.3 is 14.2 Å². The van der Waals surface area contributed by atoms with Gasteiger partial charge in [0.1, 0.15) is 0 Å². The maximum Gasteiger partial charge on any atom is 0.494 e. The zero-order chi connectivity index (χ0) is 20.6. The van der Waals surface area contributed by atoms with E-state index >= 15 is 0 Å². The third kappa shape index (κ3) is 3.25. The first-order chi connectivity index (χ1) is 12.1. The summed E-state index contributed by atoms with van der Waals surface area (Å²) < 4.78 is 12.7. The second kappa shape index (κ2) is 5.87. The summed E-state index contributed by atoms with van der Waals surface area (Å²) in [5.41, 5.74) is 5.61. The predicted octanol–water partition coefficient (Wildman–Crippen LogP) is 4.91. The second-order valence-electron chi connectivity index (χ2n) is 11.0. The molecule has 0 bridgehead atoms. The molecule has 1 aromatic carbocycles. The van der Waals surface area contributed by atoms with E-state index in [9.17, 15) is 0 Å². The molecular formula is C23H36BNO2. The largest absolute Gasteiger partial charge is 0.494 e. The topological polar surface area (TPSA) is 21.7 Å². The Morgan fingerprint density at radius 1 is 1.00 bits per heavy atom. The highest BCUT2D eigenvalue weighted by atomic mass is 16.7. The number of anilines is 1.